The number of hydrogen-bond donors (Lipinski definition) is 2. The summed E-state index contributed by atoms with van der Waals surface area (Å²) in [6.45, 7) is 1.04. The predicted molar refractivity (Wildman–Crippen MR) is 99.2 cm³/mol. The Hall–Kier alpha value is -2.57. The number of anilines is 1. The largest absolute Gasteiger partial charge is 0.382 e. The van der Waals surface area contributed by atoms with Crippen molar-refractivity contribution in [2.45, 2.75) is 56.7 Å². The molecule has 1 aliphatic heterocycles. The number of carbonyl (C=O) groups excluding carboxylic acids is 1. The molecule has 2 fully saturated rings. The molecule has 26 heavy (non-hydrogen) atoms. The molecule has 1 amide bonds. The van der Waals surface area contributed by atoms with Crippen molar-refractivity contribution in [1.29, 1.82) is 10.5 Å². The molecular formula is C20H25N5O. The topological polar surface area (TPSA) is 91.9 Å². The minimum Gasteiger partial charge on any atom is -0.382 e. The molecule has 3 rings (SSSR count). The summed E-state index contributed by atoms with van der Waals surface area (Å²) in [7, 11) is 0. The van der Waals surface area contributed by atoms with E-state index in [4.69, 9.17) is 10.5 Å². The Kier molecular flexibility index (Phi) is 6.09. The number of rotatable bonds is 5. The number of carbonyl (C=O) groups is 1. The molecule has 0 aromatic heterocycles. The van der Waals surface area contributed by atoms with Gasteiger partial charge in [-0.25, -0.2) is 0 Å². The van der Waals surface area contributed by atoms with Gasteiger partial charge in [0.2, 0.25) is 5.91 Å². The number of nitrogens with one attached hydrogen (secondary N) is 2. The zero-order valence-electron chi connectivity index (χ0n) is 14.9. The molecule has 1 aliphatic carbocycles. The van der Waals surface area contributed by atoms with Crippen molar-refractivity contribution >= 4 is 11.6 Å². The molecule has 0 unspecified atom stereocenters. The second-order valence-corrected chi connectivity index (χ2v) is 7.14. The van der Waals surface area contributed by atoms with Crippen LogP contribution in [0.25, 0.3) is 0 Å². The molecule has 1 atom stereocenters. The zero-order chi connectivity index (χ0) is 18.4. The number of amides is 1. The van der Waals surface area contributed by atoms with Crippen LogP contribution in [-0.4, -0.2) is 42.0 Å². The van der Waals surface area contributed by atoms with E-state index >= 15 is 0 Å². The number of nitriles is 2. The molecular weight excluding hydrogens is 326 g/mol. The molecule has 2 N–H and O–H groups in total. The first-order valence-corrected chi connectivity index (χ1v) is 9.39. The Bertz CT molecular complexity index is 694. The van der Waals surface area contributed by atoms with Crippen LogP contribution in [0.5, 0.6) is 0 Å². The Morgan fingerprint density at radius 1 is 1.08 bits per heavy atom. The second kappa shape index (κ2) is 8.69. The molecule has 1 heterocycles. The van der Waals surface area contributed by atoms with Crippen LogP contribution >= 0.6 is 0 Å². The fourth-order valence-corrected chi connectivity index (χ4v) is 3.85. The lowest BCUT2D eigenvalue weighted by Gasteiger charge is -2.31. The van der Waals surface area contributed by atoms with Crippen LogP contribution < -0.4 is 10.6 Å². The molecule has 136 valence electrons. The van der Waals surface area contributed by atoms with Crippen molar-refractivity contribution in [2.24, 2.45) is 0 Å². The fraction of sp³-hybridized carbons (Fsp3) is 0.550. The van der Waals surface area contributed by atoms with Crippen molar-refractivity contribution in [3.05, 3.63) is 29.8 Å². The van der Waals surface area contributed by atoms with Crippen LogP contribution in [0.15, 0.2) is 24.3 Å². The van der Waals surface area contributed by atoms with E-state index in [-0.39, 0.29) is 11.9 Å². The van der Waals surface area contributed by atoms with Gasteiger partial charge in [-0.2, -0.15) is 10.5 Å². The van der Waals surface area contributed by atoms with Crippen LogP contribution in [0.4, 0.5) is 5.69 Å². The van der Waals surface area contributed by atoms with Crippen LogP contribution in [0.1, 0.15) is 44.1 Å². The summed E-state index contributed by atoms with van der Waals surface area (Å²) < 4.78 is 0. The van der Waals surface area contributed by atoms with Gasteiger partial charge in [0.15, 0.2) is 0 Å². The van der Waals surface area contributed by atoms with Crippen molar-refractivity contribution in [3.63, 3.8) is 0 Å². The SMILES string of the molecule is N#Cc1ccc(NC2CCC(NCC(=O)N3CCC[C@H]3C#N)CC2)cc1. The van der Waals surface area contributed by atoms with Gasteiger partial charge in [-0.15, -0.1) is 0 Å². The lowest BCUT2D eigenvalue weighted by Crippen LogP contribution is -2.45. The van der Waals surface area contributed by atoms with E-state index in [1.54, 1.807) is 4.90 Å². The zero-order valence-corrected chi connectivity index (χ0v) is 14.9. The van der Waals surface area contributed by atoms with Gasteiger partial charge >= 0.3 is 0 Å². The minimum atomic E-state index is -0.239. The number of likely N-dealkylation sites (tertiary alicyclic amines) is 1. The third-order valence-electron chi connectivity index (χ3n) is 5.38. The highest BCUT2D eigenvalue weighted by atomic mass is 16.2. The van der Waals surface area contributed by atoms with Crippen molar-refractivity contribution in [3.8, 4) is 12.1 Å². The van der Waals surface area contributed by atoms with Crippen LogP contribution in [0, 0.1) is 22.7 Å². The van der Waals surface area contributed by atoms with Gasteiger partial charge in [0.05, 0.1) is 24.2 Å². The molecule has 1 aromatic rings. The van der Waals surface area contributed by atoms with Crippen molar-refractivity contribution in [2.75, 3.05) is 18.4 Å². The maximum absolute atomic E-state index is 12.3. The monoisotopic (exact) mass is 351 g/mol. The number of benzene rings is 1. The average molecular weight is 351 g/mol. The highest BCUT2D eigenvalue weighted by Gasteiger charge is 2.29. The smallest absolute Gasteiger partial charge is 0.237 e. The summed E-state index contributed by atoms with van der Waals surface area (Å²) in [4.78, 5) is 14.0. The summed E-state index contributed by atoms with van der Waals surface area (Å²) in [6.07, 6.45) is 5.89. The van der Waals surface area contributed by atoms with E-state index in [0.717, 1.165) is 44.2 Å². The van der Waals surface area contributed by atoms with Gasteiger partial charge < -0.3 is 15.5 Å². The summed E-state index contributed by atoms with van der Waals surface area (Å²) in [5.74, 6) is 0.0480. The molecule has 1 saturated heterocycles. The predicted octanol–water partition coefficient (Wildman–Crippen LogP) is 2.39. The molecule has 0 radical (unpaired) electrons. The third kappa shape index (κ3) is 4.53. The van der Waals surface area contributed by atoms with Crippen LogP contribution in [-0.2, 0) is 4.79 Å². The minimum absolute atomic E-state index is 0.0480. The first kappa shape index (κ1) is 18.2. The van der Waals surface area contributed by atoms with E-state index in [2.05, 4.69) is 22.8 Å². The van der Waals surface area contributed by atoms with E-state index < -0.39 is 0 Å². The Morgan fingerprint density at radius 2 is 1.77 bits per heavy atom. The highest BCUT2D eigenvalue weighted by Crippen LogP contribution is 2.23. The van der Waals surface area contributed by atoms with Gasteiger partial charge in [-0.05, 0) is 62.8 Å². The van der Waals surface area contributed by atoms with Crippen molar-refractivity contribution < 1.29 is 4.79 Å². The first-order chi connectivity index (χ1) is 12.7. The summed E-state index contributed by atoms with van der Waals surface area (Å²) in [5.41, 5.74) is 1.72. The number of hydrogen-bond acceptors (Lipinski definition) is 5. The lowest BCUT2D eigenvalue weighted by atomic mass is 9.91. The molecule has 6 heteroatoms. The molecule has 0 bridgehead atoms. The van der Waals surface area contributed by atoms with E-state index in [1.165, 1.54) is 0 Å². The van der Waals surface area contributed by atoms with E-state index in [0.29, 0.717) is 30.7 Å². The normalized spacial score (nSPS) is 25.3. The van der Waals surface area contributed by atoms with Crippen LogP contribution in [0.3, 0.4) is 0 Å². The standard InChI is InChI=1S/C20H25N5O/c21-12-15-3-5-17(6-4-15)24-18-9-7-16(8-10-18)23-14-20(26)25-11-1-2-19(25)13-22/h3-6,16,18-19,23-24H,1-2,7-11,14H2/t16?,18?,19-/m0/s1. The van der Waals surface area contributed by atoms with Crippen LogP contribution in [0.2, 0.25) is 0 Å². The first-order valence-electron chi connectivity index (χ1n) is 9.39. The maximum Gasteiger partial charge on any atom is 0.237 e. The molecule has 1 aromatic carbocycles. The Balaban J connectivity index is 1.39. The lowest BCUT2D eigenvalue weighted by molar-refractivity contribution is -0.130. The van der Waals surface area contributed by atoms with Gasteiger partial charge in [-0.3, -0.25) is 4.79 Å². The van der Waals surface area contributed by atoms with Gasteiger partial charge in [0, 0.05) is 24.3 Å². The van der Waals surface area contributed by atoms with Gasteiger partial charge in [0.1, 0.15) is 6.04 Å². The Labute approximate surface area is 154 Å². The third-order valence-corrected chi connectivity index (χ3v) is 5.38. The van der Waals surface area contributed by atoms with Gasteiger partial charge in [-0.1, -0.05) is 0 Å². The summed E-state index contributed by atoms with van der Waals surface area (Å²) >= 11 is 0. The molecule has 6 nitrogen and oxygen atoms in total. The van der Waals surface area contributed by atoms with Crippen molar-refractivity contribution in [1.82, 2.24) is 10.2 Å². The fourth-order valence-electron chi connectivity index (χ4n) is 3.85. The highest BCUT2D eigenvalue weighted by molar-refractivity contribution is 5.79. The summed E-state index contributed by atoms with van der Waals surface area (Å²) in [5, 5.41) is 24.8. The maximum atomic E-state index is 12.3. The average Bonchev–Trinajstić information content (AvgIpc) is 3.17. The number of nitrogens with zero attached hydrogens (tertiary/aromatic N) is 3. The molecule has 1 saturated carbocycles. The van der Waals surface area contributed by atoms with Gasteiger partial charge in [0.25, 0.3) is 0 Å². The van der Waals surface area contributed by atoms with E-state index in [1.807, 2.05) is 24.3 Å². The Morgan fingerprint density at radius 3 is 2.42 bits per heavy atom. The molecule has 2 aliphatic rings. The quantitative estimate of drug-likeness (QED) is 0.850. The molecule has 0 spiro atoms. The van der Waals surface area contributed by atoms with E-state index in [9.17, 15) is 4.79 Å². The summed E-state index contributed by atoms with van der Waals surface area (Å²) in [6, 6.07) is 12.5. The second-order valence-electron chi connectivity index (χ2n) is 7.14.